The lowest BCUT2D eigenvalue weighted by Crippen LogP contribution is -2.59. The van der Waals surface area contributed by atoms with Crippen LogP contribution in [0.1, 0.15) is 31.2 Å². The van der Waals surface area contributed by atoms with E-state index in [0.29, 0.717) is 12.8 Å². The van der Waals surface area contributed by atoms with Gasteiger partial charge in [0.2, 0.25) is 18.7 Å². The van der Waals surface area contributed by atoms with Crippen molar-refractivity contribution in [3.8, 4) is 17.6 Å². The molecule has 1 aromatic rings. The maximum Gasteiger partial charge on any atom is 0.246 e. The SMILES string of the molecule is N#CC1C(=O)NC(N2CCN(Cc3ccc4c(c3)OCO4)CC2)=NC12CCCC2. The zero-order valence-electron chi connectivity index (χ0n) is 16.4. The largest absolute Gasteiger partial charge is 0.454 e. The van der Waals surface area contributed by atoms with E-state index in [1.807, 2.05) is 12.1 Å². The molecule has 1 unspecified atom stereocenters. The summed E-state index contributed by atoms with van der Waals surface area (Å²) < 4.78 is 10.8. The lowest BCUT2D eigenvalue weighted by Gasteiger charge is -2.41. The third kappa shape index (κ3) is 3.29. The van der Waals surface area contributed by atoms with Crippen molar-refractivity contribution in [1.29, 1.82) is 5.26 Å². The van der Waals surface area contributed by atoms with Crippen molar-refractivity contribution in [2.75, 3.05) is 33.0 Å². The lowest BCUT2D eigenvalue weighted by atomic mass is 9.82. The second-order valence-electron chi connectivity index (χ2n) is 8.25. The van der Waals surface area contributed by atoms with Crippen LogP contribution in [0.3, 0.4) is 0 Å². The number of nitriles is 1. The van der Waals surface area contributed by atoms with Gasteiger partial charge in [0, 0.05) is 32.7 Å². The first-order valence-electron chi connectivity index (χ1n) is 10.3. The summed E-state index contributed by atoms with van der Waals surface area (Å²) in [5.41, 5.74) is 0.684. The fraction of sp³-hybridized carbons (Fsp3) is 0.571. The van der Waals surface area contributed by atoms with Crippen molar-refractivity contribution in [2.45, 2.75) is 37.8 Å². The van der Waals surface area contributed by atoms with Crippen LogP contribution in [0.25, 0.3) is 0 Å². The molecule has 1 aromatic carbocycles. The standard InChI is InChI=1S/C21H25N5O3/c22-12-16-19(27)23-20(24-21(16)5-1-2-6-21)26-9-7-25(8-10-26)13-15-3-4-17-18(11-15)29-14-28-17/h3-4,11,16H,1-2,5-10,13-14H2,(H,23,24,27). The predicted octanol–water partition coefficient (Wildman–Crippen LogP) is 1.47. The quantitative estimate of drug-likeness (QED) is 0.816. The summed E-state index contributed by atoms with van der Waals surface area (Å²) in [6.07, 6.45) is 3.72. The van der Waals surface area contributed by atoms with Crippen LogP contribution < -0.4 is 14.8 Å². The van der Waals surface area contributed by atoms with E-state index in [1.54, 1.807) is 0 Å². The maximum atomic E-state index is 12.6. The van der Waals surface area contributed by atoms with Crippen LogP contribution in [0.2, 0.25) is 0 Å². The second-order valence-corrected chi connectivity index (χ2v) is 8.25. The normalized spacial score (nSPS) is 25.6. The first-order chi connectivity index (χ1) is 14.2. The number of benzene rings is 1. The minimum atomic E-state index is -0.666. The van der Waals surface area contributed by atoms with Gasteiger partial charge in [0.25, 0.3) is 0 Å². The van der Waals surface area contributed by atoms with Gasteiger partial charge in [0.05, 0.1) is 11.6 Å². The van der Waals surface area contributed by atoms with Crippen molar-refractivity contribution < 1.29 is 14.3 Å². The number of fused-ring (bicyclic) bond motifs is 1. The molecular formula is C21H25N5O3. The van der Waals surface area contributed by atoms with Gasteiger partial charge in [-0.15, -0.1) is 0 Å². The molecule has 1 saturated carbocycles. The molecule has 1 N–H and O–H groups in total. The summed E-state index contributed by atoms with van der Waals surface area (Å²) in [7, 11) is 0. The van der Waals surface area contributed by atoms with E-state index in [1.165, 1.54) is 5.56 Å². The van der Waals surface area contributed by atoms with Crippen molar-refractivity contribution in [1.82, 2.24) is 15.1 Å². The molecular weight excluding hydrogens is 370 g/mol. The zero-order chi connectivity index (χ0) is 19.8. The molecule has 152 valence electrons. The molecule has 8 heteroatoms. The summed E-state index contributed by atoms with van der Waals surface area (Å²) in [4.78, 5) is 22.0. The summed E-state index contributed by atoms with van der Waals surface area (Å²) in [6.45, 7) is 4.52. The molecule has 1 spiro atoms. The number of piperazine rings is 1. The number of ether oxygens (including phenoxy) is 2. The molecule has 3 heterocycles. The Morgan fingerprint density at radius 3 is 2.69 bits per heavy atom. The Morgan fingerprint density at radius 2 is 1.93 bits per heavy atom. The van der Waals surface area contributed by atoms with Gasteiger partial charge in [-0.1, -0.05) is 18.9 Å². The second kappa shape index (κ2) is 7.23. The van der Waals surface area contributed by atoms with Gasteiger partial charge in [-0.2, -0.15) is 5.26 Å². The summed E-state index contributed by atoms with van der Waals surface area (Å²) in [6, 6.07) is 8.29. The molecule has 1 saturated heterocycles. The molecule has 5 rings (SSSR count). The number of nitrogens with zero attached hydrogens (tertiary/aromatic N) is 4. The Balaban J connectivity index is 1.24. The summed E-state index contributed by atoms with van der Waals surface area (Å²) in [5, 5.41) is 12.4. The minimum Gasteiger partial charge on any atom is -0.454 e. The minimum absolute atomic E-state index is 0.192. The van der Waals surface area contributed by atoms with E-state index in [2.05, 4.69) is 27.3 Å². The number of nitrogens with one attached hydrogen (secondary N) is 1. The average molecular weight is 395 g/mol. The van der Waals surface area contributed by atoms with Crippen molar-refractivity contribution in [3.05, 3.63) is 23.8 Å². The monoisotopic (exact) mass is 395 g/mol. The molecule has 0 aromatic heterocycles. The molecule has 1 atom stereocenters. The Labute approximate surface area is 170 Å². The molecule has 3 aliphatic heterocycles. The Bertz CT molecular complexity index is 879. The molecule has 1 aliphatic carbocycles. The third-order valence-electron chi connectivity index (χ3n) is 6.48. The highest BCUT2D eigenvalue weighted by atomic mass is 16.7. The number of amides is 1. The number of hydrogen-bond donors (Lipinski definition) is 1. The van der Waals surface area contributed by atoms with Crippen LogP contribution >= 0.6 is 0 Å². The number of rotatable bonds is 2. The fourth-order valence-corrected chi connectivity index (χ4v) is 4.86. The van der Waals surface area contributed by atoms with Gasteiger partial charge >= 0.3 is 0 Å². The van der Waals surface area contributed by atoms with Gasteiger partial charge in [-0.3, -0.25) is 15.0 Å². The van der Waals surface area contributed by atoms with Gasteiger partial charge < -0.3 is 14.4 Å². The van der Waals surface area contributed by atoms with Crippen LogP contribution in [0, 0.1) is 17.2 Å². The van der Waals surface area contributed by atoms with Crippen LogP contribution in [0.5, 0.6) is 11.5 Å². The van der Waals surface area contributed by atoms with Crippen LogP contribution in [-0.4, -0.2) is 60.2 Å². The zero-order valence-corrected chi connectivity index (χ0v) is 16.4. The highest BCUT2D eigenvalue weighted by Crippen LogP contribution is 2.41. The molecule has 8 nitrogen and oxygen atoms in total. The smallest absolute Gasteiger partial charge is 0.246 e. The van der Waals surface area contributed by atoms with Crippen LogP contribution in [0.15, 0.2) is 23.2 Å². The van der Waals surface area contributed by atoms with E-state index in [-0.39, 0.29) is 5.91 Å². The lowest BCUT2D eigenvalue weighted by molar-refractivity contribution is -0.124. The van der Waals surface area contributed by atoms with E-state index in [0.717, 1.165) is 69.9 Å². The third-order valence-corrected chi connectivity index (χ3v) is 6.48. The van der Waals surface area contributed by atoms with Crippen molar-refractivity contribution in [3.63, 3.8) is 0 Å². The van der Waals surface area contributed by atoms with Crippen molar-refractivity contribution in [2.24, 2.45) is 10.9 Å². The van der Waals surface area contributed by atoms with Crippen LogP contribution in [0.4, 0.5) is 0 Å². The number of aliphatic imine (C=N–C) groups is 1. The first-order valence-corrected chi connectivity index (χ1v) is 10.3. The van der Waals surface area contributed by atoms with Crippen LogP contribution in [-0.2, 0) is 11.3 Å². The molecule has 0 radical (unpaired) electrons. The van der Waals surface area contributed by atoms with E-state index < -0.39 is 11.5 Å². The average Bonchev–Trinajstić information content (AvgIpc) is 3.38. The van der Waals surface area contributed by atoms with Gasteiger partial charge in [0.15, 0.2) is 17.4 Å². The number of carbonyl (C=O) groups is 1. The summed E-state index contributed by atoms with van der Waals surface area (Å²) in [5.74, 6) is 1.42. The molecule has 0 bridgehead atoms. The fourth-order valence-electron chi connectivity index (χ4n) is 4.86. The molecule has 4 aliphatic rings. The molecule has 1 amide bonds. The summed E-state index contributed by atoms with van der Waals surface area (Å²) >= 11 is 0. The predicted molar refractivity (Wildman–Crippen MR) is 105 cm³/mol. The number of carbonyl (C=O) groups excluding carboxylic acids is 1. The van der Waals surface area contributed by atoms with E-state index in [4.69, 9.17) is 14.5 Å². The Morgan fingerprint density at radius 1 is 1.17 bits per heavy atom. The van der Waals surface area contributed by atoms with E-state index >= 15 is 0 Å². The van der Waals surface area contributed by atoms with Gasteiger partial charge in [0.1, 0.15) is 0 Å². The Kier molecular flexibility index (Phi) is 4.55. The Hall–Kier alpha value is -2.79. The maximum absolute atomic E-state index is 12.6. The van der Waals surface area contributed by atoms with Gasteiger partial charge in [-0.25, -0.2) is 4.99 Å². The molecule has 2 fully saturated rings. The number of hydrogen-bond acceptors (Lipinski definition) is 7. The molecule has 29 heavy (non-hydrogen) atoms. The number of guanidine groups is 1. The van der Waals surface area contributed by atoms with Gasteiger partial charge in [-0.05, 0) is 30.5 Å². The van der Waals surface area contributed by atoms with E-state index in [9.17, 15) is 10.1 Å². The topological polar surface area (TPSA) is 90.2 Å². The van der Waals surface area contributed by atoms with Crippen molar-refractivity contribution >= 4 is 11.9 Å². The first kappa shape index (κ1) is 18.3. The highest BCUT2D eigenvalue weighted by Gasteiger charge is 2.49. The highest BCUT2D eigenvalue weighted by molar-refractivity contribution is 6.02.